The summed E-state index contributed by atoms with van der Waals surface area (Å²) in [7, 11) is 0. The first-order chi connectivity index (χ1) is 7.25. The van der Waals surface area contributed by atoms with Gasteiger partial charge in [-0.1, -0.05) is 17.7 Å². The van der Waals surface area contributed by atoms with Crippen LogP contribution in [0.15, 0.2) is 23.3 Å². The van der Waals surface area contributed by atoms with Crippen molar-refractivity contribution in [1.82, 2.24) is 10.6 Å². The molecule has 3 heteroatoms. The van der Waals surface area contributed by atoms with Crippen molar-refractivity contribution < 1.29 is 4.79 Å². The molecule has 0 aromatic rings. The maximum atomic E-state index is 11.0. The fourth-order valence-electron chi connectivity index (χ4n) is 2.29. The van der Waals surface area contributed by atoms with Crippen LogP contribution in [0.5, 0.6) is 0 Å². The van der Waals surface area contributed by atoms with E-state index < -0.39 is 0 Å². The zero-order chi connectivity index (χ0) is 10.7. The smallest absolute Gasteiger partial charge is 0.217 e. The van der Waals surface area contributed by atoms with Crippen molar-refractivity contribution in [2.75, 3.05) is 13.1 Å². The Kier molecular flexibility index (Phi) is 3.21. The van der Waals surface area contributed by atoms with Crippen LogP contribution in [0.1, 0.15) is 26.2 Å². The van der Waals surface area contributed by atoms with Gasteiger partial charge in [0.25, 0.3) is 0 Å². The number of hydrogen-bond donors (Lipinski definition) is 2. The summed E-state index contributed by atoms with van der Waals surface area (Å²) in [6, 6.07) is 0.208. The minimum absolute atomic E-state index is 0.0560. The number of hydrogen-bond acceptors (Lipinski definition) is 2. The van der Waals surface area contributed by atoms with Gasteiger partial charge in [-0.25, -0.2) is 0 Å². The van der Waals surface area contributed by atoms with E-state index in [4.69, 9.17) is 0 Å². The van der Waals surface area contributed by atoms with Gasteiger partial charge in [0.15, 0.2) is 0 Å². The molecular weight excluding hydrogens is 188 g/mol. The van der Waals surface area contributed by atoms with Crippen LogP contribution in [0.2, 0.25) is 0 Å². The van der Waals surface area contributed by atoms with Gasteiger partial charge >= 0.3 is 0 Å². The molecule has 0 aromatic heterocycles. The summed E-state index contributed by atoms with van der Waals surface area (Å²) in [6.07, 6.45) is 7.54. The second kappa shape index (κ2) is 4.62. The average molecular weight is 206 g/mol. The van der Waals surface area contributed by atoms with Crippen molar-refractivity contribution in [3.05, 3.63) is 23.3 Å². The SMILES string of the molecule is CC(=O)NC1C=CC2=C(CCNCC2)C1. The Morgan fingerprint density at radius 1 is 1.47 bits per heavy atom. The minimum Gasteiger partial charge on any atom is -0.350 e. The van der Waals surface area contributed by atoms with E-state index in [-0.39, 0.29) is 11.9 Å². The lowest BCUT2D eigenvalue weighted by Gasteiger charge is -2.21. The second-order valence-electron chi connectivity index (χ2n) is 4.25. The number of rotatable bonds is 1. The molecule has 0 fully saturated rings. The molecule has 2 rings (SSSR count). The molecule has 1 amide bonds. The summed E-state index contributed by atoms with van der Waals surface area (Å²) >= 11 is 0. The third-order valence-corrected chi connectivity index (χ3v) is 3.01. The van der Waals surface area contributed by atoms with Crippen LogP contribution < -0.4 is 10.6 Å². The lowest BCUT2D eigenvalue weighted by Crippen LogP contribution is -2.33. The van der Waals surface area contributed by atoms with Crippen LogP contribution in [-0.4, -0.2) is 25.0 Å². The Labute approximate surface area is 90.6 Å². The minimum atomic E-state index is 0.0560. The van der Waals surface area contributed by atoms with E-state index in [2.05, 4.69) is 22.8 Å². The molecule has 15 heavy (non-hydrogen) atoms. The summed E-state index contributed by atoms with van der Waals surface area (Å²) in [5.74, 6) is 0.0560. The van der Waals surface area contributed by atoms with Crippen molar-refractivity contribution in [3.63, 3.8) is 0 Å². The second-order valence-corrected chi connectivity index (χ2v) is 4.25. The molecule has 1 heterocycles. The van der Waals surface area contributed by atoms with Gasteiger partial charge in [-0.05, 0) is 37.9 Å². The molecule has 0 radical (unpaired) electrons. The summed E-state index contributed by atoms with van der Waals surface area (Å²) in [5, 5.41) is 6.35. The van der Waals surface area contributed by atoms with E-state index in [0.29, 0.717) is 0 Å². The summed E-state index contributed by atoms with van der Waals surface area (Å²) in [5.41, 5.74) is 2.99. The Bertz CT molecular complexity index is 318. The lowest BCUT2D eigenvalue weighted by atomic mass is 9.91. The molecule has 3 nitrogen and oxygen atoms in total. The molecule has 1 atom stereocenters. The quantitative estimate of drug-likeness (QED) is 0.675. The summed E-state index contributed by atoms with van der Waals surface area (Å²) < 4.78 is 0. The highest BCUT2D eigenvalue weighted by Crippen LogP contribution is 2.25. The van der Waals surface area contributed by atoms with Crippen molar-refractivity contribution in [2.45, 2.75) is 32.2 Å². The van der Waals surface area contributed by atoms with Crippen molar-refractivity contribution in [2.24, 2.45) is 0 Å². The molecular formula is C12H18N2O. The molecule has 82 valence electrons. The molecule has 0 aromatic carbocycles. The largest absolute Gasteiger partial charge is 0.350 e. The van der Waals surface area contributed by atoms with Gasteiger partial charge in [0.2, 0.25) is 5.91 Å². The third-order valence-electron chi connectivity index (χ3n) is 3.01. The van der Waals surface area contributed by atoms with Gasteiger partial charge in [-0.15, -0.1) is 0 Å². The number of carbonyl (C=O) groups excluding carboxylic acids is 1. The van der Waals surface area contributed by atoms with E-state index in [1.807, 2.05) is 0 Å². The van der Waals surface area contributed by atoms with E-state index in [0.717, 1.165) is 32.4 Å². The first-order valence-corrected chi connectivity index (χ1v) is 5.62. The lowest BCUT2D eigenvalue weighted by molar-refractivity contribution is -0.119. The fourth-order valence-corrected chi connectivity index (χ4v) is 2.29. The van der Waals surface area contributed by atoms with Crippen LogP contribution in [0.25, 0.3) is 0 Å². The number of nitrogens with one attached hydrogen (secondary N) is 2. The first kappa shape index (κ1) is 10.4. The maximum absolute atomic E-state index is 11.0. The van der Waals surface area contributed by atoms with Gasteiger partial charge in [0, 0.05) is 6.92 Å². The Balaban J connectivity index is 2.03. The molecule has 1 aliphatic heterocycles. The Morgan fingerprint density at radius 2 is 2.27 bits per heavy atom. The van der Waals surface area contributed by atoms with Crippen LogP contribution in [0.3, 0.4) is 0 Å². The van der Waals surface area contributed by atoms with Crippen LogP contribution >= 0.6 is 0 Å². The van der Waals surface area contributed by atoms with Gasteiger partial charge in [0.05, 0.1) is 6.04 Å². The molecule has 1 unspecified atom stereocenters. The van der Waals surface area contributed by atoms with Crippen molar-refractivity contribution in [3.8, 4) is 0 Å². The molecule has 2 aliphatic rings. The average Bonchev–Trinajstić information content (AvgIpc) is 2.41. The molecule has 0 saturated heterocycles. The predicted octanol–water partition coefficient (Wildman–Crippen LogP) is 1.13. The highest BCUT2D eigenvalue weighted by Gasteiger charge is 2.17. The summed E-state index contributed by atoms with van der Waals surface area (Å²) in [4.78, 5) is 11.0. The highest BCUT2D eigenvalue weighted by molar-refractivity contribution is 5.73. The molecule has 0 bridgehead atoms. The number of allylic oxidation sites excluding steroid dienone is 1. The Hall–Kier alpha value is -1.09. The maximum Gasteiger partial charge on any atom is 0.217 e. The van der Waals surface area contributed by atoms with Gasteiger partial charge < -0.3 is 10.6 Å². The molecule has 0 saturated carbocycles. The number of carbonyl (C=O) groups is 1. The first-order valence-electron chi connectivity index (χ1n) is 5.62. The molecule has 2 N–H and O–H groups in total. The monoisotopic (exact) mass is 206 g/mol. The summed E-state index contributed by atoms with van der Waals surface area (Å²) in [6.45, 7) is 3.72. The third kappa shape index (κ3) is 2.69. The zero-order valence-corrected chi connectivity index (χ0v) is 9.18. The predicted molar refractivity (Wildman–Crippen MR) is 60.5 cm³/mol. The van der Waals surface area contributed by atoms with E-state index in [1.54, 1.807) is 6.92 Å². The molecule has 0 spiro atoms. The fraction of sp³-hybridized carbons (Fsp3) is 0.583. The molecule has 1 aliphatic carbocycles. The van der Waals surface area contributed by atoms with Gasteiger partial charge in [-0.3, -0.25) is 4.79 Å². The van der Waals surface area contributed by atoms with E-state index in [9.17, 15) is 4.79 Å². The van der Waals surface area contributed by atoms with Gasteiger partial charge in [0.1, 0.15) is 0 Å². The van der Waals surface area contributed by atoms with Crippen molar-refractivity contribution >= 4 is 5.91 Å². The van der Waals surface area contributed by atoms with Crippen molar-refractivity contribution in [1.29, 1.82) is 0 Å². The van der Waals surface area contributed by atoms with Crippen LogP contribution in [-0.2, 0) is 4.79 Å². The standard InChI is InChI=1S/C12H18N2O/c1-9(15)14-12-3-2-10-4-6-13-7-5-11(10)8-12/h2-3,12-13H,4-8H2,1H3,(H,14,15). The zero-order valence-electron chi connectivity index (χ0n) is 9.18. The Morgan fingerprint density at radius 3 is 3.07 bits per heavy atom. The highest BCUT2D eigenvalue weighted by atomic mass is 16.1. The van der Waals surface area contributed by atoms with Crippen LogP contribution in [0, 0.1) is 0 Å². The van der Waals surface area contributed by atoms with Gasteiger partial charge in [-0.2, -0.15) is 0 Å². The topological polar surface area (TPSA) is 41.1 Å². The van der Waals surface area contributed by atoms with Crippen LogP contribution in [0.4, 0.5) is 0 Å². The van der Waals surface area contributed by atoms with E-state index >= 15 is 0 Å². The number of amides is 1. The van der Waals surface area contributed by atoms with E-state index in [1.165, 1.54) is 11.1 Å². The normalized spacial score (nSPS) is 25.8.